The van der Waals surface area contributed by atoms with E-state index < -0.39 is 0 Å². The number of hydrogen-bond acceptors (Lipinski definition) is 3. The van der Waals surface area contributed by atoms with Crippen molar-refractivity contribution in [2.75, 3.05) is 0 Å². The third-order valence-electron chi connectivity index (χ3n) is 5.49. The fraction of sp³-hybridized carbons (Fsp3) is 0.0357. The predicted octanol–water partition coefficient (Wildman–Crippen LogP) is 7.31. The molecule has 0 atom stereocenters. The van der Waals surface area contributed by atoms with Gasteiger partial charge in [0.05, 0.1) is 16.6 Å². The summed E-state index contributed by atoms with van der Waals surface area (Å²) < 4.78 is 0. The molecule has 0 amide bonds. The van der Waals surface area contributed by atoms with Gasteiger partial charge in [-0.3, -0.25) is 14.8 Å². The molecule has 32 heavy (non-hydrogen) atoms. The van der Waals surface area contributed by atoms with Crippen molar-refractivity contribution >= 4 is 45.3 Å². The van der Waals surface area contributed by atoms with Crippen LogP contribution >= 0.6 is 11.6 Å². The zero-order chi connectivity index (χ0) is 22.1. The van der Waals surface area contributed by atoms with Crippen molar-refractivity contribution in [2.24, 2.45) is 0 Å². The van der Waals surface area contributed by atoms with Crippen molar-refractivity contribution in [2.45, 2.75) is 6.92 Å². The first kappa shape index (κ1) is 20.1. The third kappa shape index (κ3) is 3.79. The highest BCUT2D eigenvalue weighted by Gasteiger charge is 2.19. The lowest BCUT2D eigenvalue weighted by Gasteiger charge is -2.14. The summed E-state index contributed by atoms with van der Waals surface area (Å²) in [5.74, 6) is -0.0954. The molecular formula is C28H19ClN2O. The van der Waals surface area contributed by atoms with Gasteiger partial charge in [0.1, 0.15) is 0 Å². The lowest BCUT2D eigenvalue weighted by molar-refractivity contribution is 0.104. The number of rotatable bonds is 4. The van der Waals surface area contributed by atoms with Crippen molar-refractivity contribution in [3.05, 3.63) is 113 Å². The van der Waals surface area contributed by atoms with Crippen LogP contribution in [0.25, 0.3) is 39.0 Å². The van der Waals surface area contributed by atoms with Gasteiger partial charge in [0.2, 0.25) is 0 Å². The van der Waals surface area contributed by atoms with Crippen LogP contribution in [0.1, 0.15) is 21.6 Å². The highest BCUT2D eigenvalue weighted by atomic mass is 35.5. The van der Waals surface area contributed by atoms with E-state index >= 15 is 0 Å². The number of carbonyl (C=O) groups is 1. The first-order chi connectivity index (χ1) is 15.6. The van der Waals surface area contributed by atoms with Crippen LogP contribution in [0.2, 0.25) is 5.02 Å². The van der Waals surface area contributed by atoms with Gasteiger partial charge >= 0.3 is 0 Å². The number of nitrogens with zero attached hydrogens (tertiary/aromatic N) is 2. The smallest absolute Gasteiger partial charge is 0.188 e. The molecule has 0 bridgehead atoms. The van der Waals surface area contributed by atoms with Crippen LogP contribution in [0, 0.1) is 6.92 Å². The zero-order valence-corrected chi connectivity index (χ0v) is 18.2. The topological polar surface area (TPSA) is 42.9 Å². The molecular weight excluding hydrogens is 416 g/mol. The summed E-state index contributed by atoms with van der Waals surface area (Å²) >= 11 is 6.31. The van der Waals surface area contributed by atoms with Crippen LogP contribution in [0.5, 0.6) is 0 Å². The Hall–Kier alpha value is -3.82. The van der Waals surface area contributed by atoms with Crippen molar-refractivity contribution < 1.29 is 4.79 Å². The van der Waals surface area contributed by atoms with Gasteiger partial charge in [0.15, 0.2) is 5.78 Å². The van der Waals surface area contributed by atoms with E-state index in [2.05, 4.69) is 4.98 Å². The maximum atomic E-state index is 13.5. The fourth-order valence-corrected chi connectivity index (χ4v) is 4.19. The molecule has 0 aliphatic carbocycles. The minimum Gasteiger partial charge on any atom is -0.289 e. The van der Waals surface area contributed by atoms with Gasteiger partial charge in [-0.15, -0.1) is 0 Å². The minimum absolute atomic E-state index is 0.0954. The van der Waals surface area contributed by atoms with Crippen LogP contribution in [-0.2, 0) is 0 Å². The van der Waals surface area contributed by atoms with E-state index in [-0.39, 0.29) is 5.78 Å². The van der Waals surface area contributed by atoms with Crippen LogP contribution in [0.4, 0.5) is 0 Å². The number of fused-ring (bicyclic) bond motifs is 2. The predicted molar refractivity (Wildman–Crippen MR) is 132 cm³/mol. The summed E-state index contributed by atoms with van der Waals surface area (Å²) in [4.78, 5) is 22.5. The molecule has 5 rings (SSSR count). The lowest BCUT2D eigenvalue weighted by atomic mass is 9.92. The van der Waals surface area contributed by atoms with Crippen molar-refractivity contribution in [3.63, 3.8) is 0 Å². The Kier molecular flexibility index (Phi) is 5.26. The molecule has 2 aromatic heterocycles. The van der Waals surface area contributed by atoms with Gasteiger partial charge in [-0.1, -0.05) is 60.1 Å². The first-order valence-electron chi connectivity index (χ1n) is 10.3. The number of pyridine rings is 2. The summed E-state index contributed by atoms with van der Waals surface area (Å²) in [6, 6.07) is 25.4. The molecule has 0 N–H and O–H groups in total. The number of allylic oxidation sites excluding steroid dienone is 1. The maximum Gasteiger partial charge on any atom is 0.188 e. The highest BCUT2D eigenvalue weighted by Crippen LogP contribution is 2.35. The molecule has 0 saturated carbocycles. The summed E-state index contributed by atoms with van der Waals surface area (Å²) in [5, 5.41) is 2.51. The number of halogens is 1. The molecule has 2 heterocycles. The molecule has 0 aliphatic rings. The van der Waals surface area contributed by atoms with E-state index in [1.54, 1.807) is 12.3 Å². The quantitative estimate of drug-likeness (QED) is 0.220. The molecule has 0 saturated heterocycles. The lowest BCUT2D eigenvalue weighted by Crippen LogP contribution is -2.05. The largest absolute Gasteiger partial charge is 0.289 e. The van der Waals surface area contributed by atoms with Crippen molar-refractivity contribution in [1.82, 2.24) is 9.97 Å². The number of ketones is 1. The average Bonchev–Trinajstić information content (AvgIpc) is 2.82. The van der Waals surface area contributed by atoms with Crippen molar-refractivity contribution in [1.29, 1.82) is 0 Å². The normalized spacial score (nSPS) is 11.4. The summed E-state index contributed by atoms with van der Waals surface area (Å²) in [6.45, 7) is 1.88. The highest BCUT2D eigenvalue weighted by molar-refractivity contribution is 6.31. The van der Waals surface area contributed by atoms with Gasteiger partial charge in [-0.25, -0.2) is 0 Å². The van der Waals surface area contributed by atoms with Crippen LogP contribution < -0.4 is 0 Å². The molecule has 4 heteroatoms. The summed E-state index contributed by atoms with van der Waals surface area (Å²) in [6.07, 6.45) is 5.23. The van der Waals surface area contributed by atoms with Gasteiger partial charge in [-0.05, 0) is 60.5 Å². The number of aryl methyl sites for hydroxylation is 1. The Morgan fingerprint density at radius 3 is 2.56 bits per heavy atom. The fourth-order valence-electron chi connectivity index (χ4n) is 4.02. The van der Waals surface area contributed by atoms with Crippen molar-refractivity contribution in [3.8, 4) is 11.1 Å². The van der Waals surface area contributed by atoms with Crippen LogP contribution in [0.3, 0.4) is 0 Å². The summed E-state index contributed by atoms with van der Waals surface area (Å²) in [5.41, 5.74) is 5.77. The Bertz CT molecular complexity index is 1510. The van der Waals surface area contributed by atoms with Gasteiger partial charge < -0.3 is 0 Å². The van der Waals surface area contributed by atoms with Gasteiger partial charge in [0, 0.05) is 33.2 Å². The van der Waals surface area contributed by atoms with Crippen LogP contribution in [0.15, 0.2) is 91.1 Å². The Labute approximate surface area is 191 Å². The van der Waals surface area contributed by atoms with E-state index in [9.17, 15) is 4.79 Å². The van der Waals surface area contributed by atoms with E-state index in [1.165, 1.54) is 0 Å². The summed E-state index contributed by atoms with van der Waals surface area (Å²) in [7, 11) is 0. The Balaban J connectivity index is 1.64. The van der Waals surface area contributed by atoms with E-state index in [0.29, 0.717) is 16.3 Å². The SMILES string of the molecule is Cc1nc2ccc(Cl)cc2c(-c2ccccc2)c1C(=O)/C=C\c1ccc2ncccc2c1. The average molecular weight is 435 g/mol. The molecule has 0 unspecified atom stereocenters. The number of aromatic nitrogens is 2. The van der Waals surface area contributed by atoms with E-state index in [1.807, 2.05) is 91.9 Å². The molecule has 0 spiro atoms. The standard InChI is InChI=1S/C28H19ClN2O/c1-18-27(26(32)14-10-19-9-12-24-21(16-19)8-5-15-30-24)28(20-6-3-2-4-7-20)23-17-22(29)11-13-25(23)31-18/h2-17H,1H3/b14-10-. The molecule has 3 aromatic carbocycles. The first-order valence-corrected chi connectivity index (χ1v) is 10.7. The molecule has 0 radical (unpaired) electrons. The molecule has 0 fully saturated rings. The van der Waals surface area contributed by atoms with Gasteiger partial charge in [0.25, 0.3) is 0 Å². The minimum atomic E-state index is -0.0954. The van der Waals surface area contributed by atoms with E-state index in [0.717, 1.165) is 38.5 Å². The number of hydrogen-bond donors (Lipinski definition) is 0. The van der Waals surface area contributed by atoms with Crippen LogP contribution in [-0.4, -0.2) is 15.8 Å². The number of carbonyl (C=O) groups excluding carboxylic acids is 1. The van der Waals surface area contributed by atoms with E-state index in [4.69, 9.17) is 16.6 Å². The Morgan fingerprint density at radius 1 is 0.906 bits per heavy atom. The maximum absolute atomic E-state index is 13.5. The molecule has 154 valence electrons. The second-order valence-electron chi connectivity index (χ2n) is 7.63. The molecule has 5 aromatic rings. The molecule has 0 aliphatic heterocycles. The monoisotopic (exact) mass is 434 g/mol. The second kappa shape index (κ2) is 8.37. The second-order valence-corrected chi connectivity index (χ2v) is 8.06. The Morgan fingerprint density at radius 2 is 1.72 bits per heavy atom. The number of benzene rings is 3. The zero-order valence-electron chi connectivity index (χ0n) is 17.4. The third-order valence-corrected chi connectivity index (χ3v) is 5.73. The molecule has 3 nitrogen and oxygen atoms in total. The van der Waals surface area contributed by atoms with Gasteiger partial charge in [-0.2, -0.15) is 0 Å².